The van der Waals surface area contributed by atoms with Gasteiger partial charge in [-0.15, -0.1) is 0 Å². The van der Waals surface area contributed by atoms with Gasteiger partial charge in [0, 0.05) is 0 Å². The molecule has 1 rings (SSSR count). The van der Waals surface area contributed by atoms with Gasteiger partial charge < -0.3 is 26.7 Å². The Labute approximate surface area is 114 Å². The largest absolute Gasteiger partial charge is 1.00 e. The molecule has 0 fully saturated rings. The first-order valence-electron chi connectivity index (χ1n) is 5.60. The van der Waals surface area contributed by atoms with E-state index in [1.54, 1.807) is 12.1 Å². The lowest BCUT2D eigenvalue weighted by Gasteiger charge is -2.24. The summed E-state index contributed by atoms with van der Waals surface area (Å²) in [5.41, 5.74) is 0.682. The highest BCUT2D eigenvalue weighted by Gasteiger charge is 2.21. The SMILES string of the molecule is C[N+](C)(C)CCOC(C(=O)O)c1ccccc1.[Cl-]. The molecule has 0 amide bonds. The zero-order chi connectivity index (χ0) is 12.9. The lowest BCUT2D eigenvalue weighted by atomic mass is 10.1. The van der Waals surface area contributed by atoms with Gasteiger partial charge in [0.15, 0.2) is 6.10 Å². The monoisotopic (exact) mass is 273 g/mol. The number of carbonyl (C=O) groups is 1. The van der Waals surface area contributed by atoms with Crippen molar-refractivity contribution in [3.8, 4) is 0 Å². The molecule has 1 atom stereocenters. The summed E-state index contributed by atoms with van der Waals surface area (Å²) in [5, 5.41) is 9.13. The van der Waals surface area contributed by atoms with Crippen LogP contribution >= 0.6 is 0 Å². The van der Waals surface area contributed by atoms with Gasteiger partial charge in [-0.3, -0.25) is 0 Å². The Bertz CT molecular complexity index is 362. The molecule has 1 aromatic rings. The highest BCUT2D eigenvalue weighted by atomic mass is 35.5. The number of quaternary nitrogens is 1. The first-order valence-corrected chi connectivity index (χ1v) is 5.60. The zero-order valence-corrected chi connectivity index (χ0v) is 11.7. The van der Waals surface area contributed by atoms with Crippen molar-refractivity contribution < 1.29 is 31.5 Å². The van der Waals surface area contributed by atoms with Crippen LogP contribution in [0.15, 0.2) is 30.3 Å². The quantitative estimate of drug-likeness (QED) is 0.645. The van der Waals surface area contributed by atoms with Crippen LogP contribution in [0.3, 0.4) is 0 Å². The maximum atomic E-state index is 11.1. The Morgan fingerprint density at radius 3 is 2.28 bits per heavy atom. The van der Waals surface area contributed by atoms with Crippen molar-refractivity contribution in [2.75, 3.05) is 34.3 Å². The second-order valence-corrected chi connectivity index (χ2v) is 5.01. The van der Waals surface area contributed by atoms with Crippen LogP contribution in [0.5, 0.6) is 0 Å². The second kappa shape index (κ2) is 7.36. The maximum absolute atomic E-state index is 11.1. The molecule has 0 saturated heterocycles. The standard InChI is InChI=1S/C13H19NO3.ClH/c1-14(2,3)9-10-17-12(13(15)16)11-7-5-4-6-8-11;/h4-8,12H,9-10H2,1-3H3;1H. The number of hydrogen-bond donors (Lipinski definition) is 1. The van der Waals surface area contributed by atoms with E-state index in [0.29, 0.717) is 12.2 Å². The summed E-state index contributed by atoms with van der Waals surface area (Å²) in [6.45, 7) is 1.20. The number of halogens is 1. The van der Waals surface area contributed by atoms with Crippen molar-refractivity contribution in [3.63, 3.8) is 0 Å². The molecule has 0 aliphatic carbocycles. The molecule has 0 saturated carbocycles. The van der Waals surface area contributed by atoms with Gasteiger partial charge in [0.1, 0.15) is 6.54 Å². The summed E-state index contributed by atoms with van der Waals surface area (Å²) in [6, 6.07) is 9.02. The molecular formula is C13H20ClNO3. The van der Waals surface area contributed by atoms with Crippen molar-refractivity contribution in [1.82, 2.24) is 0 Å². The number of ether oxygens (including phenoxy) is 1. The smallest absolute Gasteiger partial charge is 0.337 e. The molecular weight excluding hydrogens is 254 g/mol. The van der Waals surface area contributed by atoms with Crippen LogP contribution in [-0.4, -0.2) is 49.9 Å². The third kappa shape index (κ3) is 6.00. The first-order chi connectivity index (χ1) is 7.90. The zero-order valence-electron chi connectivity index (χ0n) is 11.0. The van der Waals surface area contributed by atoms with Gasteiger partial charge in [-0.25, -0.2) is 4.79 Å². The van der Waals surface area contributed by atoms with Gasteiger partial charge in [-0.1, -0.05) is 30.3 Å². The third-order valence-corrected chi connectivity index (χ3v) is 2.37. The summed E-state index contributed by atoms with van der Waals surface area (Å²) < 4.78 is 6.20. The number of nitrogens with zero attached hydrogens (tertiary/aromatic N) is 1. The van der Waals surface area contributed by atoms with Crippen LogP contribution in [-0.2, 0) is 9.53 Å². The third-order valence-electron chi connectivity index (χ3n) is 2.37. The Hall–Kier alpha value is -1.10. The molecule has 1 unspecified atom stereocenters. The molecule has 0 aliphatic heterocycles. The molecule has 102 valence electrons. The number of hydrogen-bond acceptors (Lipinski definition) is 2. The lowest BCUT2D eigenvalue weighted by Crippen LogP contribution is -3.00. The Morgan fingerprint density at radius 1 is 1.28 bits per heavy atom. The van der Waals surface area contributed by atoms with E-state index in [1.165, 1.54) is 0 Å². The fourth-order valence-electron chi connectivity index (χ4n) is 1.38. The molecule has 4 nitrogen and oxygen atoms in total. The summed E-state index contributed by atoms with van der Waals surface area (Å²) in [7, 11) is 6.13. The maximum Gasteiger partial charge on any atom is 0.337 e. The summed E-state index contributed by atoms with van der Waals surface area (Å²) >= 11 is 0. The number of carboxylic acids is 1. The van der Waals surface area contributed by atoms with E-state index in [-0.39, 0.29) is 12.4 Å². The van der Waals surface area contributed by atoms with E-state index in [1.807, 2.05) is 39.3 Å². The Balaban J connectivity index is 0.00000289. The summed E-state index contributed by atoms with van der Waals surface area (Å²) in [4.78, 5) is 11.1. The highest BCUT2D eigenvalue weighted by Crippen LogP contribution is 2.17. The number of rotatable bonds is 6. The second-order valence-electron chi connectivity index (χ2n) is 5.01. The van der Waals surface area contributed by atoms with Crippen LogP contribution in [0, 0.1) is 0 Å². The van der Waals surface area contributed by atoms with Crippen LogP contribution < -0.4 is 12.4 Å². The molecule has 5 heteroatoms. The molecule has 0 bridgehead atoms. The van der Waals surface area contributed by atoms with Crippen molar-refractivity contribution >= 4 is 5.97 Å². The van der Waals surface area contributed by atoms with Gasteiger partial charge in [0.05, 0.1) is 27.7 Å². The van der Waals surface area contributed by atoms with E-state index < -0.39 is 12.1 Å². The minimum absolute atomic E-state index is 0. The van der Waals surface area contributed by atoms with E-state index in [4.69, 9.17) is 9.84 Å². The average Bonchev–Trinajstić information content (AvgIpc) is 2.23. The lowest BCUT2D eigenvalue weighted by molar-refractivity contribution is -0.870. The Morgan fingerprint density at radius 2 is 1.83 bits per heavy atom. The van der Waals surface area contributed by atoms with Gasteiger partial charge in [-0.05, 0) is 5.56 Å². The fourth-order valence-corrected chi connectivity index (χ4v) is 1.38. The highest BCUT2D eigenvalue weighted by molar-refractivity contribution is 5.74. The topological polar surface area (TPSA) is 46.5 Å². The predicted molar refractivity (Wildman–Crippen MR) is 65.7 cm³/mol. The minimum Gasteiger partial charge on any atom is -1.00 e. The molecule has 18 heavy (non-hydrogen) atoms. The summed E-state index contributed by atoms with van der Waals surface area (Å²) in [5.74, 6) is -0.947. The summed E-state index contributed by atoms with van der Waals surface area (Å²) in [6.07, 6.45) is -0.872. The number of benzene rings is 1. The van der Waals surface area contributed by atoms with E-state index in [9.17, 15) is 4.79 Å². The van der Waals surface area contributed by atoms with Crippen molar-refractivity contribution in [2.45, 2.75) is 6.10 Å². The molecule has 0 aromatic heterocycles. The van der Waals surface area contributed by atoms with Crippen molar-refractivity contribution in [3.05, 3.63) is 35.9 Å². The molecule has 0 aliphatic rings. The van der Waals surface area contributed by atoms with Crippen molar-refractivity contribution in [1.29, 1.82) is 0 Å². The normalized spacial score (nSPS) is 12.6. The fraction of sp³-hybridized carbons (Fsp3) is 0.462. The van der Waals surface area contributed by atoms with Crippen LogP contribution in [0.1, 0.15) is 11.7 Å². The van der Waals surface area contributed by atoms with E-state index in [0.717, 1.165) is 11.0 Å². The molecule has 0 heterocycles. The van der Waals surface area contributed by atoms with Gasteiger partial charge in [-0.2, -0.15) is 0 Å². The van der Waals surface area contributed by atoms with Gasteiger partial charge in [0.2, 0.25) is 0 Å². The van der Waals surface area contributed by atoms with E-state index in [2.05, 4.69) is 0 Å². The number of carboxylic acid groups (broad SMARTS) is 1. The first kappa shape index (κ1) is 16.9. The van der Waals surface area contributed by atoms with Crippen LogP contribution in [0.4, 0.5) is 0 Å². The molecule has 0 radical (unpaired) electrons. The van der Waals surface area contributed by atoms with Crippen molar-refractivity contribution in [2.24, 2.45) is 0 Å². The molecule has 1 aromatic carbocycles. The Kier molecular flexibility index (Phi) is 6.91. The van der Waals surface area contributed by atoms with E-state index >= 15 is 0 Å². The van der Waals surface area contributed by atoms with Crippen LogP contribution in [0.2, 0.25) is 0 Å². The van der Waals surface area contributed by atoms with Gasteiger partial charge >= 0.3 is 5.97 Å². The minimum atomic E-state index is -0.947. The average molecular weight is 274 g/mol. The number of likely N-dealkylation sites (N-methyl/N-ethyl adjacent to an activating group) is 1. The van der Waals surface area contributed by atoms with Crippen LogP contribution in [0.25, 0.3) is 0 Å². The van der Waals surface area contributed by atoms with Gasteiger partial charge in [0.25, 0.3) is 0 Å². The predicted octanol–water partition coefficient (Wildman–Crippen LogP) is -1.46. The molecule has 0 spiro atoms. The number of aliphatic carboxylic acids is 1. The molecule has 1 N–H and O–H groups in total.